The molecular formula is C36H60O4. The van der Waals surface area contributed by atoms with Gasteiger partial charge in [0.1, 0.15) is 6.10 Å². The molecule has 0 aliphatic rings. The molecule has 0 radical (unpaired) electrons. The second-order valence-electron chi connectivity index (χ2n) is 10.6. The van der Waals surface area contributed by atoms with Crippen LogP contribution < -0.4 is 0 Å². The van der Waals surface area contributed by atoms with Gasteiger partial charge >= 0.3 is 11.9 Å². The number of esters is 1. The summed E-state index contributed by atoms with van der Waals surface area (Å²) < 4.78 is 5.83. The van der Waals surface area contributed by atoms with Gasteiger partial charge in [0.2, 0.25) is 0 Å². The highest BCUT2D eigenvalue weighted by molar-refractivity contribution is 5.69. The number of hydrogen-bond acceptors (Lipinski definition) is 3. The zero-order valence-electron chi connectivity index (χ0n) is 25.9. The number of carboxylic acid groups (broad SMARTS) is 1. The molecule has 1 atom stereocenters. The third-order valence-corrected chi connectivity index (χ3v) is 6.75. The molecule has 0 rings (SSSR count). The normalized spacial score (nSPS) is 13.1. The second kappa shape index (κ2) is 31.2. The van der Waals surface area contributed by atoms with Crippen molar-refractivity contribution in [2.45, 2.75) is 155 Å². The summed E-state index contributed by atoms with van der Waals surface area (Å²) in [6, 6.07) is 0. The first kappa shape index (κ1) is 37.6. The number of carboxylic acids is 1. The second-order valence-corrected chi connectivity index (χ2v) is 10.6. The molecule has 4 heteroatoms. The lowest BCUT2D eigenvalue weighted by Gasteiger charge is -2.18. The van der Waals surface area contributed by atoms with Crippen molar-refractivity contribution in [1.82, 2.24) is 0 Å². The van der Waals surface area contributed by atoms with Crippen LogP contribution in [0.3, 0.4) is 0 Å². The van der Waals surface area contributed by atoms with Gasteiger partial charge in [0.05, 0.1) is 0 Å². The van der Waals surface area contributed by atoms with E-state index in [0.29, 0.717) is 12.8 Å². The Hall–Kier alpha value is -2.36. The minimum atomic E-state index is -0.736. The topological polar surface area (TPSA) is 63.6 Å². The lowest BCUT2D eigenvalue weighted by atomic mass is 10.0. The quantitative estimate of drug-likeness (QED) is 0.0591. The van der Waals surface area contributed by atoms with Crippen molar-refractivity contribution in [3.05, 3.63) is 60.8 Å². The summed E-state index contributed by atoms with van der Waals surface area (Å²) >= 11 is 0. The molecule has 0 bridgehead atoms. The maximum atomic E-state index is 12.4. The highest BCUT2D eigenvalue weighted by Gasteiger charge is 2.14. The Morgan fingerprint density at radius 3 is 1.60 bits per heavy atom. The van der Waals surface area contributed by atoms with Gasteiger partial charge in [0.25, 0.3) is 0 Å². The van der Waals surface area contributed by atoms with Gasteiger partial charge in [-0.25, -0.2) is 0 Å². The summed E-state index contributed by atoms with van der Waals surface area (Å²) in [6.45, 7) is 4.37. The van der Waals surface area contributed by atoms with E-state index in [1.54, 1.807) is 0 Å². The van der Waals surface area contributed by atoms with Crippen molar-refractivity contribution in [3.63, 3.8) is 0 Å². The van der Waals surface area contributed by atoms with Crippen molar-refractivity contribution in [2.75, 3.05) is 0 Å². The van der Waals surface area contributed by atoms with E-state index >= 15 is 0 Å². The summed E-state index contributed by atoms with van der Waals surface area (Å²) in [4.78, 5) is 23.1. The molecule has 0 aromatic carbocycles. The van der Waals surface area contributed by atoms with E-state index in [0.717, 1.165) is 89.9 Å². The largest absolute Gasteiger partial charge is 0.481 e. The molecule has 0 aliphatic carbocycles. The summed E-state index contributed by atoms with van der Waals surface area (Å²) in [5, 5.41) is 8.80. The number of aliphatic carboxylic acids is 1. The Labute approximate surface area is 246 Å². The predicted octanol–water partition coefficient (Wildman–Crippen LogP) is 11.0. The maximum Gasteiger partial charge on any atom is 0.306 e. The maximum absolute atomic E-state index is 12.4. The Morgan fingerprint density at radius 2 is 1.05 bits per heavy atom. The standard InChI is InChI=1S/C36H60O4/c1-3-5-7-9-10-11-12-13-14-15-16-17-18-19-20-21-22-24-29-33-36(39)40-34(30-26-23-8-6-4-2)31-27-25-28-32-35(37)38/h5,7,10-11,13-14,16-17,19-20,34H,3-4,6,8-9,12,15,18,21-33H2,1-2H3,(H,37,38)/b7-5-,11-10-,14-13-,17-16-,20-19-. The SMILES string of the molecule is CC/C=C\C/C=C\C/C=C\C/C=C\C/C=C\CCCCCC(=O)OC(CCCCCCC)CCCCCC(=O)O. The number of carbonyl (C=O) groups is 2. The van der Waals surface area contributed by atoms with Crippen LogP contribution in [-0.4, -0.2) is 23.1 Å². The number of hydrogen-bond donors (Lipinski definition) is 1. The average Bonchev–Trinajstić information content (AvgIpc) is 2.93. The van der Waals surface area contributed by atoms with E-state index in [4.69, 9.17) is 9.84 Å². The summed E-state index contributed by atoms with van der Waals surface area (Å²) in [5.74, 6) is -0.806. The van der Waals surface area contributed by atoms with Gasteiger partial charge in [-0.3, -0.25) is 9.59 Å². The van der Waals surface area contributed by atoms with E-state index in [-0.39, 0.29) is 18.5 Å². The molecule has 0 aliphatic heterocycles. The van der Waals surface area contributed by atoms with E-state index < -0.39 is 5.97 Å². The van der Waals surface area contributed by atoms with E-state index in [2.05, 4.69) is 74.6 Å². The number of rotatable bonds is 28. The average molecular weight is 557 g/mol. The minimum absolute atomic E-state index is 0.0137. The molecule has 0 aromatic heterocycles. The predicted molar refractivity (Wildman–Crippen MR) is 172 cm³/mol. The first-order valence-electron chi connectivity index (χ1n) is 16.3. The van der Waals surface area contributed by atoms with Gasteiger partial charge in [-0.15, -0.1) is 0 Å². The van der Waals surface area contributed by atoms with Crippen LogP contribution in [-0.2, 0) is 14.3 Å². The number of carbonyl (C=O) groups excluding carboxylic acids is 1. The van der Waals surface area contributed by atoms with Gasteiger partial charge in [0, 0.05) is 12.8 Å². The molecule has 0 spiro atoms. The van der Waals surface area contributed by atoms with E-state index in [1.165, 1.54) is 25.7 Å². The monoisotopic (exact) mass is 556 g/mol. The van der Waals surface area contributed by atoms with Crippen LogP contribution in [0.5, 0.6) is 0 Å². The van der Waals surface area contributed by atoms with Gasteiger partial charge < -0.3 is 9.84 Å². The summed E-state index contributed by atoms with van der Waals surface area (Å²) in [5.41, 5.74) is 0. The number of unbranched alkanes of at least 4 members (excludes halogenated alkanes) is 9. The van der Waals surface area contributed by atoms with Crippen molar-refractivity contribution in [1.29, 1.82) is 0 Å². The molecular weight excluding hydrogens is 496 g/mol. The molecule has 0 heterocycles. The Kier molecular flexibility index (Phi) is 29.3. The fraction of sp³-hybridized carbons (Fsp3) is 0.667. The van der Waals surface area contributed by atoms with Crippen LogP contribution in [0.1, 0.15) is 149 Å². The molecule has 4 nitrogen and oxygen atoms in total. The van der Waals surface area contributed by atoms with E-state index in [9.17, 15) is 9.59 Å². The molecule has 0 amide bonds. The smallest absolute Gasteiger partial charge is 0.306 e. The highest BCUT2D eigenvalue weighted by Crippen LogP contribution is 2.17. The third kappa shape index (κ3) is 30.2. The van der Waals surface area contributed by atoms with Gasteiger partial charge in [-0.1, -0.05) is 113 Å². The molecule has 1 unspecified atom stereocenters. The van der Waals surface area contributed by atoms with Crippen LogP contribution in [0.15, 0.2) is 60.8 Å². The van der Waals surface area contributed by atoms with Crippen LogP contribution in [0.25, 0.3) is 0 Å². The Bertz CT molecular complexity index is 729. The molecule has 228 valence electrons. The first-order valence-corrected chi connectivity index (χ1v) is 16.3. The van der Waals surface area contributed by atoms with Gasteiger partial charge in [0.15, 0.2) is 0 Å². The molecule has 0 aromatic rings. The van der Waals surface area contributed by atoms with Crippen molar-refractivity contribution >= 4 is 11.9 Å². The lowest BCUT2D eigenvalue weighted by molar-refractivity contribution is -0.150. The Balaban J connectivity index is 3.93. The zero-order valence-corrected chi connectivity index (χ0v) is 25.9. The lowest BCUT2D eigenvalue weighted by Crippen LogP contribution is -2.18. The summed E-state index contributed by atoms with van der Waals surface area (Å²) in [6.07, 6.45) is 42.4. The van der Waals surface area contributed by atoms with Crippen LogP contribution in [0, 0.1) is 0 Å². The molecule has 1 N–H and O–H groups in total. The summed E-state index contributed by atoms with van der Waals surface area (Å²) in [7, 11) is 0. The van der Waals surface area contributed by atoms with Crippen molar-refractivity contribution < 1.29 is 19.4 Å². The zero-order chi connectivity index (χ0) is 29.4. The molecule has 0 saturated heterocycles. The number of ether oxygens (including phenoxy) is 1. The Morgan fingerprint density at radius 1 is 0.575 bits per heavy atom. The highest BCUT2D eigenvalue weighted by atomic mass is 16.5. The molecule has 40 heavy (non-hydrogen) atoms. The van der Waals surface area contributed by atoms with Crippen molar-refractivity contribution in [2.24, 2.45) is 0 Å². The number of allylic oxidation sites excluding steroid dienone is 10. The van der Waals surface area contributed by atoms with Crippen molar-refractivity contribution in [3.8, 4) is 0 Å². The van der Waals surface area contributed by atoms with Gasteiger partial charge in [-0.2, -0.15) is 0 Å². The van der Waals surface area contributed by atoms with E-state index in [1.807, 2.05) is 0 Å². The molecule has 0 fully saturated rings. The van der Waals surface area contributed by atoms with Crippen LogP contribution >= 0.6 is 0 Å². The molecule has 0 saturated carbocycles. The first-order chi connectivity index (χ1) is 19.6. The third-order valence-electron chi connectivity index (χ3n) is 6.75. The van der Waals surface area contributed by atoms with Gasteiger partial charge in [-0.05, 0) is 83.5 Å². The fourth-order valence-corrected chi connectivity index (χ4v) is 4.38. The van der Waals surface area contributed by atoms with Crippen LogP contribution in [0.2, 0.25) is 0 Å². The minimum Gasteiger partial charge on any atom is -0.481 e. The fourth-order valence-electron chi connectivity index (χ4n) is 4.38. The van der Waals surface area contributed by atoms with Crippen LogP contribution in [0.4, 0.5) is 0 Å².